The fourth-order valence-electron chi connectivity index (χ4n) is 29.3. The molecule has 2 heterocycles. The van der Waals surface area contributed by atoms with Crippen molar-refractivity contribution in [1.29, 1.82) is 0 Å². The molecule has 17 aliphatic carbocycles. The Morgan fingerprint density at radius 2 is 0.991 bits per heavy atom. The number of hydrogen-bond donors (Lipinski definition) is 0. The molecule has 14 heteroatoms. The van der Waals surface area contributed by atoms with Crippen molar-refractivity contribution >= 4 is 47.5 Å². The summed E-state index contributed by atoms with van der Waals surface area (Å²) in [6.07, 6.45) is 46.7. The summed E-state index contributed by atoms with van der Waals surface area (Å²) < 4.78 is 24.4. The molecule has 0 aromatic heterocycles. The van der Waals surface area contributed by atoms with Crippen LogP contribution in [0.2, 0.25) is 0 Å². The molecule has 113 heavy (non-hydrogen) atoms. The Morgan fingerprint density at radius 3 is 1.48 bits per heavy atom. The lowest BCUT2D eigenvalue weighted by molar-refractivity contribution is -0.218. The molecule has 0 radical (unpaired) electrons. The zero-order valence-corrected chi connectivity index (χ0v) is 71.2. The molecule has 14 atom stereocenters. The van der Waals surface area contributed by atoms with Crippen molar-refractivity contribution in [2.75, 3.05) is 13.2 Å². The number of nitrogens with zero attached hydrogens (tertiary/aromatic N) is 2. The van der Waals surface area contributed by atoms with Crippen LogP contribution in [0.3, 0.4) is 0 Å². The van der Waals surface area contributed by atoms with Crippen LogP contribution in [0, 0.1) is 158 Å². The molecule has 2 aliphatic heterocycles. The van der Waals surface area contributed by atoms with E-state index < -0.39 is 0 Å². The highest BCUT2D eigenvalue weighted by atomic mass is 16.6. The number of imide groups is 2. The summed E-state index contributed by atoms with van der Waals surface area (Å²) in [5, 5.41) is 0. The summed E-state index contributed by atoms with van der Waals surface area (Å²) in [6.45, 7) is 32.9. The predicted octanol–water partition coefficient (Wildman–Crippen LogP) is 23.4. The van der Waals surface area contributed by atoms with Gasteiger partial charge in [0.15, 0.2) is 0 Å². The normalized spacial score (nSPS) is 42.7. The van der Waals surface area contributed by atoms with Gasteiger partial charge in [-0.3, -0.25) is 48.2 Å². The van der Waals surface area contributed by atoms with Crippen LogP contribution in [0.25, 0.3) is 0 Å². The summed E-state index contributed by atoms with van der Waals surface area (Å²) >= 11 is 0. The second-order valence-electron chi connectivity index (χ2n) is 42.5. The molecule has 17 saturated carbocycles. The van der Waals surface area contributed by atoms with E-state index in [2.05, 4.69) is 55.4 Å². The molecule has 19 fully saturated rings. The third-order valence-corrected chi connectivity index (χ3v) is 36.0. The average molecular weight is 1580 g/mol. The minimum Gasteiger partial charge on any atom is -0.465 e. The van der Waals surface area contributed by atoms with Crippen LogP contribution in [0.1, 0.15) is 384 Å². The van der Waals surface area contributed by atoms with Crippen LogP contribution >= 0.6 is 0 Å². The highest BCUT2D eigenvalue weighted by Crippen LogP contribution is 2.70. The fraction of sp³-hybridized carbons (Fsp3) is 0.919. The maximum absolute atomic E-state index is 13.4. The molecule has 12 bridgehead atoms. The van der Waals surface area contributed by atoms with Gasteiger partial charge in [0.1, 0.15) is 17.3 Å². The van der Waals surface area contributed by atoms with Gasteiger partial charge in [0.05, 0.1) is 30.3 Å². The maximum atomic E-state index is 13.4. The molecule has 14 unspecified atom stereocenters. The van der Waals surface area contributed by atoms with Crippen molar-refractivity contribution < 1.29 is 57.3 Å². The molecule has 0 aromatic rings. The van der Waals surface area contributed by atoms with E-state index in [1.54, 1.807) is 13.8 Å². The number of unbranched alkanes of at least 4 members (excludes halogenated alkanes) is 3. The average Bonchev–Trinajstić information content (AvgIpc) is 1.70. The summed E-state index contributed by atoms with van der Waals surface area (Å²) in [5.41, 5.74) is 0.596. The summed E-state index contributed by atoms with van der Waals surface area (Å²) in [6, 6.07) is -0.0477. The van der Waals surface area contributed by atoms with Crippen LogP contribution in [0.15, 0.2) is 0 Å². The molecular formula is C99H168N2O12. The molecule has 2 saturated heterocycles. The number of hydrogen-bond acceptors (Lipinski definition) is 12. The molecule has 0 N–H and O–H groups in total. The second-order valence-corrected chi connectivity index (χ2v) is 42.5. The standard InChI is InChI=1S/C40H65NO4.C20H29NO4.C18H30O2.C17H28O2.4CH4/c1-7-8-9-10-11-25(2)33-18-19-34-32-17-14-29-24-31(20-22-39(29,5)35(32)21-23-40(33,34)6)45-38(44)28-12-15-30(16-13-28)41-36(42)26(3)27(4)37(41)43;1-12-13(2)19(24)21(18(12)23)4-3-17(22)25-11-20-8-14-5-15(9-20)7-16(6-14)10-20;1-5-17(3,4)16(19)20-18(6-2)14-8-12-7-13(10-14)11-15(18)9-12;1-4-11(3)16(18)19-17(5-2)14-7-12-6-13(9-14)10-15(17)8-12;;;;/h25-35H,7-24H2,1-6H3;12-16H,3-11H2,1-2H3;12-15H,5-11H2,1-4H3;11-15H,4-10H2,1-3H3;4*1H4. The topological polar surface area (TPSA) is 180 Å². The molecule has 19 rings (SSSR count). The van der Waals surface area contributed by atoms with Gasteiger partial charge in [0, 0.05) is 41.7 Å². The van der Waals surface area contributed by atoms with Gasteiger partial charge in [-0.1, -0.05) is 152 Å². The first-order chi connectivity index (χ1) is 51.9. The van der Waals surface area contributed by atoms with Crippen LogP contribution in [-0.2, 0) is 57.3 Å². The van der Waals surface area contributed by atoms with Gasteiger partial charge in [0.2, 0.25) is 23.6 Å². The van der Waals surface area contributed by atoms with E-state index in [1.165, 1.54) is 190 Å². The van der Waals surface area contributed by atoms with Gasteiger partial charge in [-0.25, -0.2) is 0 Å². The highest BCUT2D eigenvalue weighted by molar-refractivity contribution is 6.05. The monoisotopic (exact) mass is 1580 g/mol. The van der Waals surface area contributed by atoms with Gasteiger partial charge < -0.3 is 18.9 Å². The first-order valence-corrected chi connectivity index (χ1v) is 46.4. The van der Waals surface area contributed by atoms with E-state index in [9.17, 15) is 38.4 Å². The first-order valence-electron chi connectivity index (χ1n) is 46.4. The van der Waals surface area contributed by atoms with E-state index in [1.807, 2.05) is 34.6 Å². The summed E-state index contributed by atoms with van der Waals surface area (Å²) in [5.74, 6) is 12.3. The minimum absolute atomic E-state index is 0. The van der Waals surface area contributed by atoms with Crippen molar-refractivity contribution in [2.45, 2.75) is 407 Å². The van der Waals surface area contributed by atoms with E-state index >= 15 is 0 Å². The Morgan fingerprint density at radius 1 is 0.513 bits per heavy atom. The smallest absolute Gasteiger partial charge is 0.312 e. The van der Waals surface area contributed by atoms with Crippen molar-refractivity contribution in [2.24, 2.45) is 158 Å². The number of amides is 4. The van der Waals surface area contributed by atoms with E-state index in [0.717, 1.165) is 135 Å². The van der Waals surface area contributed by atoms with Gasteiger partial charge in [-0.15, -0.1) is 0 Å². The van der Waals surface area contributed by atoms with Gasteiger partial charge >= 0.3 is 23.9 Å². The van der Waals surface area contributed by atoms with E-state index in [4.69, 9.17) is 18.9 Å². The Bertz CT molecular complexity index is 3120. The number of esters is 4. The van der Waals surface area contributed by atoms with Gasteiger partial charge in [-0.2, -0.15) is 0 Å². The fourth-order valence-corrected chi connectivity index (χ4v) is 29.3. The summed E-state index contributed by atoms with van der Waals surface area (Å²) in [4.78, 5) is 103. The molecule has 19 aliphatic rings. The van der Waals surface area contributed by atoms with Crippen LogP contribution in [0.4, 0.5) is 0 Å². The van der Waals surface area contributed by atoms with Crippen molar-refractivity contribution in [3.63, 3.8) is 0 Å². The number of likely N-dealkylation sites (tertiary alicyclic amines) is 2. The molecule has 0 spiro atoms. The molecule has 0 aromatic carbocycles. The summed E-state index contributed by atoms with van der Waals surface area (Å²) in [7, 11) is 0. The quantitative estimate of drug-likeness (QED) is 0.0434. The minimum atomic E-state index is -0.336. The van der Waals surface area contributed by atoms with Crippen LogP contribution < -0.4 is 0 Å². The van der Waals surface area contributed by atoms with Crippen LogP contribution in [0.5, 0.6) is 0 Å². The predicted molar refractivity (Wildman–Crippen MR) is 453 cm³/mol. The first kappa shape index (κ1) is 93.0. The van der Waals surface area contributed by atoms with E-state index in [-0.39, 0.29) is 160 Å². The molecular weight excluding hydrogens is 1410 g/mol. The Kier molecular flexibility index (Phi) is 30.8. The lowest BCUT2D eigenvalue weighted by atomic mass is 9.44. The molecule has 646 valence electrons. The Balaban J connectivity index is 0.000000183. The maximum Gasteiger partial charge on any atom is 0.312 e. The number of fused-ring (bicyclic) bond motifs is 5. The zero-order chi connectivity index (χ0) is 78.0. The largest absolute Gasteiger partial charge is 0.465 e. The lowest BCUT2D eigenvalue weighted by Crippen LogP contribution is -2.60. The third-order valence-electron chi connectivity index (χ3n) is 36.0. The van der Waals surface area contributed by atoms with Crippen LogP contribution in [-0.4, -0.2) is 93.8 Å². The van der Waals surface area contributed by atoms with E-state index in [0.29, 0.717) is 47.0 Å². The SMILES string of the molecule is C.C.C.C.CC1C(=O)N(CCC(=O)OCC23CC4CC(CC(C4)C2)C3)C(=O)C1C.CCC(C)(C)C(=O)OC1(CC)C2CC3CC(C2)CC1C3.CCC(C)C(=O)OC1(CC)C2CC3CC(C2)CC1C3.CCCCCCC(C)C1CCC2C3CCC4CC(OC(=O)C5CCC(N6C(=O)C(C)C(C)C6=O)CC5)CCC4(C)C3CCC12C. The van der Waals surface area contributed by atoms with Crippen molar-refractivity contribution in [1.82, 2.24) is 9.80 Å². The zero-order valence-electron chi connectivity index (χ0n) is 71.2. The highest BCUT2D eigenvalue weighted by Gasteiger charge is 2.64. The van der Waals surface area contributed by atoms with Gasteiger partial charge in [0.25, 0.3) is 0 Å². The number of ether oxygens (including phenoxy) is 4. The Hall–Kier alpha value is -3.84. The van der Waals surface area contributed by atoms with Crippen molar-refractivity contribution in [3.8, 4) is 0 Å². The lowest BCUT2D eigenvalue weighted by Gasteiger charge is -2.61. The van der Waals surface area contributed by atoms with Crippen molar-refractivity contribution in [3.05, 3.63) is 0 Å². The number of rotatable bonds is 22. The number of carbonyl (C=O) groups is 8. The molecule has 14 nitrogen and oxygen atoms in total. The van der Waals surface area contributed by atoms with Gasteiger partial charge in [-0.05, 0) is 337 Å². The number of carbonyl (C=O) groups excluding carboxylic acids is 8. The second kappa shape index (κ2) is 37.4. The third kappa shape index (κ3) is 18.1. The Labute approximate surface area is 689 Å². The molecule has 4 amide bonds.